The number of aliphatic carboxylic acids is 1. The van der Waals surface area contributed by atoms with Crippen LogP contribution in [0, 0.1) is 0 Å². The molecule has 0 saturated heterocycles. The van der Waals surface area contributed by atoms with E-state index in [0.717, 1.165) is 12.8 Å². The minimum absolute atomic E-state index is 0.221. The highest BCUT2D eigenvalue weighted by Gasteiger charge is 1.92. The predicted molar refractivity (Wildman–Crippen MR) is 62.8 cm³/mol. The molecule has 0 radical (unpaired) electrons. The lowest BCUT2D eigenvalue weighted by atomic mass is 10.2. The molecule has 0 heterocycles. The highest BCUT2D eigenvalue weighted by molar-refractivity contribution is 5.73. The van der Waals surface area contributed by atoms with Crippen LogP contribution in [0.1, 0.15) is 38.5 Å². The van der Waals surface area contributed by atoms with Crippen molar-refractivity contribution in [2.24, 2.45) is 5.73 Å². The van der Waals surface area contributed by atoms with Gasteiger partial charge in [-0.2, -0.15) is 0 Å². The first kappa shape index (κ1) is 14.4. The van der Waals surface area contributed by atoms with Gasteiger partial charge in [0.1, 0.15) is 0 Å². The molecule has 0 aliphatic carbocycles. The van der Waals surface area contributed by atoms with E-state index in [-0.39, 0.29) is 12.3 Å². The Kier molecular flexibility index (Phi) is 8.97. The van der Waals surface area contributed by atoms with Crippen LogP contribution in [0.25, 0.3) is 0 Å². The van der Waals surface area contributed by atoms with Crippen LogP contribution in [0.3, 0.4) is 0 Å². The molecule has 0 bridgehead atoms. The van der Waals surface area contributed by atoms with Gasteiger partial charge in [-0.05, 0) is 25.7 Å². The number of amides is 1. The number of carbonyl (C=O) groups is 2. The van der Waals surface area contributed by atoms with Crippen molar-refractivity contribution >= 4 is 11.9 Å². The third-order valence-electron chi connectivity index (χ3n) is 1.92. The number of carboxylic acids is 1. The van der Waals surface area contributed by atoms with Crippen LogP contribution in [0.15, 0.2) is 24.3 Å². The molecular weight excluding hydrogens is 206 g/mol. The number of hydrogen-bond acceptors (Lipinski definition) is 2. The summed E-state index contributed by atoms with van der Waals surface area (Å²) < 4.78 is 0. The Balaban J connectivity index is 3.33. The molecule has 0 spiro atoms. The third-order valence-corrected chi connectivity index (χ3v) is 1.92. The second-order valence-electron chi connectivity index (χ2n) is 3.47. The number of carbonyl (C=O) groups excluding carboxylic acids is 1. The molecular formula is C12H19NO3. The summed E-state index contributed by atoms with van der Waals surface area (Å²) in [5.41, 5.74) is 4.98. The average molecular weight is 225 g/mol. The zero-order chi connectivity index (χ0) is 12.2. The molecule has 16 heavy (non-hydrogen) atoms. The van der Waals surface area contributed by atoms with E-state index < -0.39 is 5.97 Å². The molecule has 0 fully saturated rings. The summed E-state index contributed by atoms with van der Waals surface area (Å²) in [6.45, 7) is 0. The Morgan fingerprint density at radius 1 is 1.00 bits per heavy atom. The van der Waals surface area contributed by atoms with E-state index in [1.807, 2.05) is 24.3 Å². The maximum absolute atomic E-state index is 10.4. The molecule has 0 saturated carbocycles. The first-order chi connectivity index (χ1) is 7.63. The van der Waals surface area contributed by atoms with Crippen LogP contribution in [-0.4, -0.2) is 17.0 Å². The summed E-state index contributed by atoms with van der Waals surface area (Å²) in [6.07, 6.45) is 11.4. The zero-order valence-electron chi connectivity index (χ0n) is 9.39. The summed E-state index contributed by atoms with van der Waals surface area (Å²) in [5.74, 6) is -1.03. The molecule has 90 valence electrons. The summed E-state index contributed by atoms with van der Waals surface area (Å²) in [7, 11) is 0. The van der Waals surface area contributed by atoms with E-state index in [4.69, 9.17) is 10.8 Å². The molecule has 0 aliphatic heterocycles. The predicted octanol–water partition coefficient (Wildman–Crippen LogP) is 2.01. The van der Waals surface area contributed by atoms with Crippen molar-refractivity contribution in [1.82, 2.24) is 0 Å². The van der Waals surface area contributed by atoms with Crippen LogP contribution in [0.2, 0.25) is 0 Å². The lowest BCUT2D eigenvalue weighted by molar-refractivity contribution is -0.137. The Labute approximate surface area is 95.8 Å². The maximum Gasteiger partial charge on any atom is 0.303 e. The van der Waals surface area contributed by atoms with Gasteiger partial charge in [-0.25, -0.2) is 0 Å². The second kappa shape index (κ2) is 9.96. The van der Waals surface area contributed by atoms with Crippen molar-refractivity contribution in [1.29, 1.82) is 0 Å². The minimum atomic E-state index is -0.750. The van der Waals surface area contributed by atoms with E-state index in [1.165, 1.54) is 0 Å². The molecule has 4 nitrogen and oxygen atoms in total. The zero-order valence-corrected chi connectivity index (χ0v) is 9.39. The molecule has 1 amide bonds. The van der Waals surface area contributed by atoms with Gasteiger partial charge < -0.3 is 10.8 Å². The number of rotatable bonds is 9. The number of primary amides is 1. The van der Waals surface area contributed by atoms with Gasteiger partial charge in [0.05, 0.1) is 0 Å². The van der Waals surface area contributed by atoms with Crippen LogP contribution >= 0.6 is 0 Å². The van der Waals surface area contributed by atoms with E-state index in [2.05, 4.69) is 0 Å². The fourth-order valence-corrected chi connectivity index (χ4v) is 1.10. The van der Waals surface area contributed by atoms with E-state index in [0.29, 0.717) is 19.3 Å². The average Bonchev–Trinajstić information content (AvgIpc) is 2.20. The highest BCUT2D eigenvalue weighted by atomic mass is 16.4. The first-order valence-electron chi connectivity index (χ1n) is 5.43. The smallest absolute Gasteiger partial charge is 0.303 e. The SMILES string of the molecule is NC(=O)CC/C=C\C/C=C\CCCC(=O)O. The number of hydrogen-bond donors (Lipinski definition) is 2. The Bertz CT molecular complexity index is 269. The largest absolute Gasteiger partial charge is 0.481 e. The first-order valence-corrected chi connectivity index (χ1v) is 5.43. The summed E-state index contributed by atoms with van der Waals surface area (Å²) in [6, 6.07) is 0. The van der Waals surface area contributed by atoms with Gasteiger partial charge in [-0.1, -0.05) is 24.3 Å². The summed E-state index contributed by atoms with van der Waals surface area (Å²) in [5, 5.41) is 8.39. The van der Waals surface area contributed by atoms with Crippen LogP contribution in [0.5, 0.6) is 0 Å². The number of carboxylic acid groups (broad SMARTS) is 1. The Hall–Kier alpha value is -1.58. The molecule has 0 aromatic rings. The number of allylic oxidation sites excluding steroid dienone is 4. The fourth-order valence-electron chi connectivity index (χ4n) is 1.10. The standard InChI is InChI=1S/C12H19NO3/c13-11(14)9-7-5-3-1-2-4-6-8-10-12(15)16/h2-5H,1,6-10H2,(H2,13,14)(H,15,16)/b4-2-,5-3-. The topological polar surface area (TPSA) is 80.4 Å². The van der Waals surface area contributed by atoms with Gasteiger partial charge >= 0.3 is 5.97 Å². The molecule has 0 rings (SSSR count). The van der Waals surface area contributed by atoms with Crippen molar-refractivity contribution in [3.63, 3.8) is 0 Å². The fraction of sp³-hybridized carbons (Fsp3) is 0.500. The normalized spacial score (nSPS) is 11.2. The van der Waals surface area contributed by atoms with Crippen molar-refractivity contribution < 1.29 is 14.7 Å². The van der Waals surface area contributed by atoms with Gasteiger partial charge in [0.2, 0.25) is 5.91 Å². The molecule has 3 N–H and O–H groups in total. The highest BCUT2D eigenvalue weighted by Crippen LogP contribution is 1.98. The molecule has 0 unspecified atom stereocenters. The molecule has 0 aromatic heterocycles. The third kappa shape index (κ3) is 12.4. The minimum Gasteiger partial charge on any atom is -0.481 e. The quantitative estimate of drug-likeness (QED) is 0.465. The Morgan fingerprint density at radius 2 is 1.62 bits per heavy atom. The molecule has 0 atom stereocenters. The lowest BCUT2D eigenvalue weighted by Crippen LogP contribution is -2.08. The van der Waals surface area contributed by atoms with Crippen molar-refractivity contribution in [2.45, 2.75) is 38.5 Å². The van der Waals surface area contributed by atoms with Gasteiger partial charge in [0.15, 0.2) is 0 Å². The van der Waals surface area contributed by atoms with Gasteiger partial charge in [-0.15, -0.1) is 0 Å². The number of unbranched alkanes of at least 4 members (excludes halogenated alkanes) is 1. The van der Waals surface area contributed by atoms with Crippen LogP contribution in [-0.2, 0) is 9.59 Å². The second-order valence-corrected chi connectivity index (χ2v) is 3.47. The number of nitrogens with two attached hydrogens (primary N) is 1. The molecule has 0 aromatic carbocycles. The van der Waals surface area contributed by atoms with Crippen LogP contribution < -0.4 is 5.73 Å². The Morgan fingerprint density at radius 3 is 2.19 bits per heavy atom. The van der Waals surface area contributed by atoms with E-state index in [1.54, 1.807) is 0 Å². The van der Waals surface area contributed by atoms with Gasteiger partial charge in [-0.3, -0.25) is 9.59 Å². The lowest BCUT2D eigenvalue weighted by Gasteiger charge is -1.90. The van der Waals surface area contributed by atoms with Crippen molar-refractivity contribution in [3.05, 3.63) is 24.3 Å². The summed E-state index contributed by atoms with van der Waals surface area (Å²) >= 11 is 0. The van der Waals surface area contributed by atoms with E-state index in [9.17, 15) is 9.59 Å². The maximum atomic E-state index is 10.4. The molecule has 4 heteroatoms. The van der Waals surface area contributed by atoms with E-state index >= 15 is 0 Å². The van der Waals surface area contributed by atoms with Crippen molar-refractivity contribution in [2.75, 3.05) is 0 Å². The molecule has 0 aliphatic rings. The van der Waals surface area contributed by atoms with Crippen LogP contribution in [0.4, 0.5) is 0 Å². The summed E-state index contributed by atoms with van der Waals surface area (Å²) in [4.78, 5) is 20.6. The van der Waals surface area contributed by atoms with Gasteiger partial charge in [0.25, 0.3) is 0 Å². The van der Waals surface area contributed by atoms with Gasteiger partial charge in [0, 0.05) is 12.8 Å². The monoisotopic (exact) mass is 225 g/mol. The van der Waals surface area contributed by atoms with Crippen molar-refractivity contribution in [3.8, 4) is 0 Å².